The lowest BCUT2D eigenvalue weighted by atomic mass is 9.99. The number of anilines is 1. The van der Waals surface area contributed by atoms with Gasteiger partial charge in [-0.15, -0.1) is 5.10 Å². The van der Waals surface area contributed by atoms with Crippen LogP contribution in [0.4, 0.5) is 5.82 Å². The molecule has 5 heterocycles. The fourth-order valence-electron chi connectivity index (χ4n) is 4.84. The summed E-state index contributed by atoms with van der Waals surface area (Å²) in [6.07, 6.45) is 6.13. The molecule has 0 radical (unpaired) electrons. The third-order valence-corrected chi connectivity index (χ3v) is 6.78. The number of piperidine rings is 1. The number of fused-ring (bicyclic) bond motifs is 2. The van der Waals surface area contributed by atoms with Gasteiger partial charge in [-0.25, -0.2) is 14.6 Å². The molecule has 10 heteroatoms. The minimum atomic E-state index is 0.336. The zero-order valence-electron chi connectivity index (χ0n) is 20.7. The Balaban J connectivity index is 1.21. The molecule has 1 fully saturated rings. The van der Waals surface area contributed by atoms with E-state index in [2.05, 4.69) is 26.0 Å². The number of hydrogen-bond donors (Lipinski definition) is 0. The van der Waals surface area contributed by atoms with Crippen molar-refractivity contribution in [3.8, 4) is 29.0 Å². The Labute approximate surface area is 213 Å². The Hall–Kier alpha value is -4.52. The van der Waals surface area contributed by atoms with Crippen LogP contribution in [0.15, 0.2) is 52.2 Å². The number of ether oxygens (including phenoxy) is 3. The highest BCUT2D eigenvalue weighted by Crippen LogP contribution is 2.37. The fraction of sp³-hybridized carbons (Fsp3) is 0.333. The van der Waals surface area contributed by atoms with Crippen molar-refractivity contribution in [2.45, 2.75) is 19.3 Å². The molecule has 0 aliphatic carbocycles. The van der Waals surface area contributed by atoms with E-state index in [1.807, 2.05) is 36.5 Å². The Morgan fingerprint density at radius 1 is 1.19 bits per heavy atom. The van der Waals surface area contributed by atoms with E-state index in [4.69, 9.17) is 23.9 Å². The largest absolute Gasteiger partial charge is 0.496 e. The van der Waals surface area contributed by atoms with E-state index in [9.17, 15) is 0 Å². The first-order chi connectivity index (χ1) is 18.1. The molecule has 0 N–H and O–H groups in total. The van der Waals surface area contributed by atoms with Gasteiger partial charge in [0.25, 0.3) is 0 Å². The lowest BCUT2D eigenvalue weighted by Crippen LogP contribution is -2.38. The SMILES string of the molecule is COC1=Nn2cc(-c3cc4c(OC[C@@H]5CCCN(c6ccc(C#N)cn6)C5)cc(OC)cc4o3)nc2C1. The van der Waals surface area contributed by atoms with Gasteiger partial charge >= 0.3 is 0 Å². The topological polar surface area (TPSA) is 111 Å². The lowest BCUT2D eigenvalue weighted by Gasteiger charge is -2.33. The summed E-state index contributed by atoms with van der Waals surface area (Å²) in [4.78, 5) is 11.4. The van der Waals surface area contributed by atoms with E-state index in [0.717, 1.165) is 43.0 Å². The first-order valence-electron chi connectivity index (χ1n) is 12.2. The number of nitrogens with zero attached hydrogens (tertiary/aromatic N) is 6. The maximum atomic E-state index is 9.03. The maximum Gasteiger partial charge on any atom is 0.214 e. The normalized spacial score (nSPS) is 16.8. The quantitative estimate of drug-likeness (QED) is 0.388. The number of nitriles is 1. The predicted molar refractivity (Wildman–Crippen MR) is 137 cm³/mol. The van der Waals surface area contributed by atoms with Gasteiger partial charge in [0.2, 0.25) is 5.90 Å². The lowest BCUT2D eigenvalue weighted by molar-refractivity contribution is 0.230. The molecule has 0 saturated carbocycles. The number of imidazole rings is 1. The summed E-state index contributed by atoms with van der Waals surface area (Å²) in [5, 5.41) is 14.3. The van der Waals surface area contributed by atoms with Gasteiger partial charge in [-0.05, 0) is 31.0 Å². The van der Waals surface area contributed by atoms with Crippen molar-refractivity contribution < 1.29 is 18.6 Å². The van der Waals surface area contributed by atoms with Crippen LogP contribution in [0, 0.1) is 17.2 Å². The average Bonchev–Trinajstić information content (AvgIpc) is 3.65. The number of aromatic nitrogens is 3. The number of pyridine rings is 1. The molecule has 3 aromatic heterocycles. The van der Waals surface area contributed by atoms with Gasteiger partial charge in [0.15, 0.2) is 5.76 Å². The molecule has 1 atom stereocenters. The van der Waals surface area contributed by atoms with Crippen LogP contribution in [-0.2, 0) is 11.2 Å². The van der Waals surface area contributed by atoms with Crippen LogP contribution >= 0.6 is 0 Å². The molecule has 4 aromatic rings. The van der Waals surface area contributed by atoms with E-state index in [1.165, 1.54) is 0 Å². The number of benzene rings is 1. The zero-order valence-corrected chi connectivity index (χ0v) is 20.7. The first-order valence-corrected chi connectivity index (χ1v) is 12.2. The van der Waals surface area contributed by atoms with Crippen molar-refractivity contribution in [3.63, 3.8) is 0 Å². The molecule has 2 aliphatic rings. The average molecular weight is 499 g/mol. The zero-order chi connectivity index (χ0) is 25.4. The van der Waals surface area contributed by atoms with Crippen LogP contribution in [0.2, 0.25) is 0 Å². The standard InChI is InChI=1S/C27H26N6O4/c1-34-19-8-22(36-16-18-4-3-7-32(14-18)25-6-5-17(12-28)13-29-25)20-10-24(37-23(20)9-19)21-15-33-26(30-21)11-27(31-33)35-2/h5-6,8-10,13,15,18H,3-4,7,11,14,16H2,1-2H3/t18-/m1/s1. The molecule has 0 spiro atoms. The summed E-state index contributed by atoms with van der Waals surface area (Å²) >= 11 is 0. The van der Waals surface area contributed by atoms with Crippen LogP contribution in [0.1, 0.15) is 24.2 Å². The fourth-order valence-corrected chi connectivity index (χ4v) is 4.84. The molecular weight excluding hydrogens is 472 g/mol. The second-order valence-corrected chi connectivity index (χ2v) is 9.19. The third-order valence-electron chi connectivity index (χ3n) is 6.78. The molecule has 10 nitrogen and oxygen atoms in total. The highest BCUT2D eigenvalue weighted by molar-refractivity contribution is 5.89. The van der Waals surface area contributed by atoms with Crippen molar-refractivity contribution >= 4 is 22.7 Å². The molecule has 1 aromatic carbocycles. The number of furan rings is 1. The summed E-state index contributed by atoms with van der Waals surface area (Å²) in [5.41, 5.74) is 1.94. The molecule has 0 bridgehead atoms. The monoisotopic (exact) mass is 498 g/mol. The van der Waals surface area contributed by atoms with Crippen molar-refractivity contribution in [2.24, 2.45) is 11.0 Å². The minimum absolute atomic E-state index is 0.336. The molecule has 6 rings (SSSR count). The maximum absolute atomic E-state index is 9.03. The van der Waals surface area contributed by atoms with Crippen molar-refractivity contribution in [2.75, 3.05) is 38.8 Å². The molecule has 188 valence electrons. The molecule has 1 saturated heterocycles. The Morgan fingerprint density at radius 2 is 2.11 bits per heavy atom. The van der Waals surface area contributed by atoms with E-state index < -0.39 is 0 Å². The second-order valence-electron chi connectivity index (χ2n) is 9.19. The predicted octanol–water partition coefficient (Wildman–Crippen LogP) is 4.23. The van der Waals surface area contributed by atoms with Crippen molar-refractivity contribution in [1.82, 2.24) is 14.6 Å². The Morgan fingerprint density at radius 3 is 2.86 bits per heavy atom. The van der Waals surface area contributed by atoms with E-state index in [-0.39, 0.29) is 0 Å². The van der Waals surface area contributed by atoms with Gasteiger partial charge in [-0.1, -0.05) is 0 Å². The van der Waals surface area contributed by atoms with Gasteiger partial charge in [0.1, 0.15) is 40.5 Å². The summed E-state index contributed by atoms with van der Waals surface area (Å²) < 4.78 is 25.0. The molecule has 37 heavy (non-hydrogen) atoms. The van der Waals surface area contributed by atoms with Gasteiger partial charge in [-0.2, -0.15) is 5.26 Å². The minimum Gasteiger partial charge on any atom is -0.496 e. The highest BCUT2D eigenvalue weighted by Gasteiger charge is 2.24. The van der Waals surface area contributed by atoms with E-state index >= 15 is 0 Å². The van der Waals surface area contributed by atoms with E-state index in [0.29, 0.717) is 58.9 Å². The molecule has 0 unspecified atom stereocenters. The Kier molecular flexibility index (Phi) is 5.88. The Bertz CT molecular complexity index is 1510. The molecule has 0 amide bonds. The van der Waals surface area contributed by atoms with Gasteiger partial charge in [0, 0.05) is 37.3 Å². The third kappa shape index (κ3) is 4.44. The number of methoxy groups -OCH3 is 2. The summed E-state index contributed by atoms with van der Waals surface area (Å²) in [6, 6.07) is 11.5. The van der Waals surface area contributed by atoms with Gasteiger partial charge in [-0.3, -0.25) is 0 Å². The van der Waals surface area contributed by atoms with Gasteiger partial charge in [0.05, 0.1) is 44.4 Å². The number of hydrogen-bond acceptors (Lipinski definition) is 9. The van der Waals surface area contributed by atoms with Crippen LogP contribution in [-0.4, -0.2) is 54.5 Å². The van der Waals surface area contributed by atoms with E-state index in [1.54, 1.807) is 25.1 Å². The van der Waals surface area contributed by atoms with Crippen molar-refractivity contribution in [3.05, 3.63) is 54.1 Å². The van der Waals surface area contributed by atoms with Gasteiger partial charge < -0.3 is 23.5 Å². The number of rotatable bonds is 6. The molecular formula is C27H26N6O4. The summed E-state index contributed by atoms with van der Waals surface area (Å²) in [5.74, 6) is 4.68. The highest BCUT2D eigenvalue weighted by atomic mass is 16.5. The smallest absolute Gasteiger partial charge is 0.214 e. The van der Waals surface area contributed by atoms with Crippen LogP contribution < -0.4 is 14.4 Å². The second kappa shape index (κ2) is 9.50. The summed E-state index contributed by atoms with van der Waals surface area (Å²) in [7, 11) is 3.23. The van der Waals surface area contributed by atoms with Crippen LogP contribution in [0.5, 0.6) is 11.5 Å². The summed E-state index contributed by atoms with van der Waals surface area (Å²) in [6.45, 7) is 2.34. The molecule has 2 aliphatic heterocycles. The van der Waals surface area contributed by atoms with Crippen LogP contribution in [0.3, 0.4) is 0 Å². The van der Waals surface area contributed by atoms with Crippen LogP contribution in [0.25, 0.3) is 22.4 Å². The van der Waals surface area contributed by atoms with Crippen molar-refractivity contribution in [1.29, 1.82) is 5.26 Å². The first kappa shape index (κ1) is 22.9.